The zero-order valence-corrected chi connectivity index (χ0v) is 34.5. The summed E-state index contributed by atoms with van der Waals surface area (Å²) in [5.41, 5.74) is -0.0221. The highest BCUT2D eigenvalue weighted by molar-refractivity contribution is 7.90. The zero-order chi connectivity index (χ0) is 43.5. The van der Waals surface area contributed by atoms with Crippen molar-refractivity contribution in [3.8, 4) is 0 Å². The van der Waals surface area contributed by atoms with E-state index in [1.165, 1.54) is 21.3 Å². The van der Waals surface area contributed by atoms with E-state index in [4.69, 9.17) is 0 Å². The Morgan fingerprint density at radius 3 is 2.44 bits per heavy atom. The number of carbonyl (C=O) groups excluding carboxylic acids is 3. The van der Waals surface area contributed by atoms with Gasteiger partial charge in [0.05, 0.1) is 45.4 Å². The number of aryl methyl sites for hydroxylation is 1. The number of aromatic nitrogens is 5. The maximum atomic E-state index is 16.1. The fourth-order valence-electron chi connectivity index (χ4n) is 9.21. The van der Waals surface area contributed by atoms with Gasteiger partial charge < -0.3 is 15.1 Å². The molecule has 1 aliphatic carbocycles. The number of imide groups is 1. The summed E-state index contributed by atoms with van der Waals surface area (Å²) in [4.78, 5) is 58.1. The van der Waals surface area contributed by atoms with Gasteiger partial charge in [0.25, 0.3) is 5.91 Å². The average Bonchev–Trinajstić information content (AvgIpc) is 3.74. The number of hydrogen-bond acceptors (Lipinski definition) is 10. The number of alkyl halides is 4. The highest BCUT2D eigenvalue weighted by Gasteiger charge is 2.37. The molecule has 1 saturated carbocycles. The number of nitrogens with zero attached hydrogens (tertiary/aromatic N) is 7. The number of benzene rings is 2. The van der Waals surface area contributed by atoms with Crippen LogP contribution >= 0.6 is 0 Å². The second-order valence-corrected chi connectivity index (χ2v) is 18.4. The second kappa shape index (κ2) is 16.0. The first kappa shape index (κ1) is 42.1. The molecule has 3 aliphatic rings. The molecule has 3 fully saturated rings. The van der Waals surface area contributed by atoms with Gasteiger partial charge in [0, 0.05) is 50.4 Å². The topological polar surface area (TPSA) is 174 Å². The van der Waals surface area contributed by atoms with Gasteiger partial charge in [-0.2, -0.15) is 18.3 Å². The summed E-state index contributed by atoms with van der Waals surface area (Å²) in [6.07, 6.45) is 0.928. The summed E-state index contributed by atoms with van der Waals surface area (Å²) in [5.74, 6) is -1.58. The Labute approximate surface area is 347 Å². The van der Waals surface area contributed by atoms with Crippen molar-refractivity contribution < 1.29 is 40.4 Å². The number of amides is 3. The number of rotatable bonds is 9. The van der Waals surface area contributed by atoms with E-state index in [9.17, 15) is 40.8 Å². The lowest BCUT2D eigenvalue weighted by Gasteiger charge is -2.42. The number of piperidine rings is 2. The molecular weight excluding hydrogens is 823 g/mol. The van der Waals surface area contributed by atoms with Crippen molar-refractivity contribution >= 4 is 60.9 Å². The van der Waals surface area contributed by atoms with Crippen LogP contribution in [0.4, 0.5) is 28.9 Å². The number of halogens is 4. The monoisotopic (exact) mass is 867 g/mol. The molecular formula is C41H45F4N9O6S. The minimum Gasteiger partial charge on any atom is -0.367 e. The quantitative estimate of drug-likeness (QED) is 0.151. The van der Waals surface area contributed by atoms with Crippen LogP contribution in [0.15, 0.2) is 64.4 Å². The number of anilines is 2. The molecule has 8 rings (SSSR count). The van der Waals surface area contributed by atoms with Crippen molar-refractivity contribution in [3.05, 3.63) is 76.6 Å². The summed E-state index contributed by atoms with van der Waals surface area (Å²) >= 11 is 0. The van der Waals surface area contributed by atoms with Crippen LogP contribution in [-0.4, -0.2) is 100 Å². The third kappa shape index (κ3) is 8.26. The van der Waals surface area contributed by atoms with Gasteiger partial charge in [0.1, 0.15) is 23.6 Å². The van der Waals surface area contributed by atoms with Crippen molar-refractivity contribution in [1.82, 2.24) is 34.1 Å². The third-order valence-corrected chi connectivity index (χ3v) is 13.4. The summed E-state index contributed by atoms with van der Waals surface area (Å²) < 4.78 is 86.1. The summed E-state index contributed by atoms with van der Waals surface area (Å²) in [6, 6.07) is 9.96. The van der Waals surface area contributed by atoms with Crippen LogP contribution in [0.3, 0.4) is 0 Å². The van der Waals surface area contributed by atoms with Crippen molar-refractivity contribution in [2.24, 2.45) is 13.0 Å². The van der Waals surface area contributed by atoms with Crippen LogP contribution in [0.1, 0.15) is 73.2 Å². The van der Waals surface area contributed by atoms with Crippen LogP contribution in [-0.2, 0) is 32.7 Å². The van der Waals surface area contributed by atoms with E-state index in [2.05, 4.69) is 25.6 Å². The van der Waals surface area contributed by atoms with E-state index in [1.54, 1.807) is 30.1 Å². The highest BCUT2D eigenvalue weighted by atomic mass is 32.2. The fraction of sp³-hybridized carbons (Fsp3) is 0.463. The maximum Gasteiger partial charge on any atom is 0.433 e. The van der Waals surface area contributed by atoms with Crippen molar-refractivity contribution in [2.75, 3.05) is 43.2 Å². The minimum absolute atomic E-state index is 0.00341. The largest absolute Gasteiger partial charge is 0.433 e. The zero-order valence-electron chi connectivity index (χ0n) is 33.7. The molecule has 2 N–H and O–H groups in total. The molecule has 5 aromatic rings. The predicted octanol–water partition coefficient (Wildman–Crippen LogP) is 5.02. The van der Waals surface area contributed by atoms with Gasteiger partial charge >= 0.3 is 11.9 Å². The van der Waals surface area contributed by atoms with E-state index in [0.717, 1.165) is 50.1 Å². The van der Waals surface area contributed by atoms with Crippen LogP contribution in [0.25, 0.3) is 21.9 Å². The molecule has 15 nitrogen and oxygen atoms in total. The second-order valence-electron chi connectivity index (χ2n) is 16.4. The number of pyridine rings is 1. The Morgan fingerprint density at radius 2 is 1.75 bits per heavy atom. The van der Waals surface area contributed by atoms with Gasteiger partial charge in [0.15, 0.2) is 9.84 Å². The lowest BCUT2D eigenvalue weighted by molar-refractivity contribution is -0.141. The van der Waals surface area contributed by atoms with E-state index in [1.807, 2.05) is 18.0 Å². The first-order chi connectivity index (χ1) is 28.9. The molecule has 3 aromatic heterocycles. The number of fused-ring (bicyclic) bond motifs is 2. The lowest BCUT2D eigenvalue weighted by atomic mass is 9.85. The predicted molar refractivity (Wildman–Crippen MR) is 218 cm³/mol. The number of hydrogen-bond donors (Lipinski definition) is 2. The SMILES string of the molecule is CN(C[C@H]1CC[C@H](n2cc3cc(NC(=O)c4cccc(C(F)(F)F)n4)c(S(C)(=O)=O)cc3n2)CC1)C1CCN(c2cccc3c2n(C)c(=O)n3C2CCC(=O)NC2=O)CC1F. The number of para-hydroxylation sites is 1. The Bertz CT molecular complexity index is 2720. The highest BCUT2D eigenvalue weighted by Crippen LogP contribution is 2.37. The molecule has 5 heterocycles. The minimum atomic E-state index is -4.77. The van der Waals surface area contributed by atoms with Gasteiger partial charge in [-0.15, -0.1) is 0 Å². The van der Waals surface area contributed by atoms with E-state index < -0.39 is 51.4 Å². The van der Waals surface area contributed by atoms with Gasteiger partial charge in [-0.1, -0.05) is 12.1 Å². The van der Waals surface area contributed by atoms with E-state index in [0.29, 0.717) is 53.1 Å². The lowest BCUT2D eigenvalue weighted by Crippen LogP contribution is -2.52. The molecule has 2 aromatic carbocycles. The molecule has 0 radical (unpaired) electrons. The summed E-state index contributed by atoms with van der Waals surface area (Å²) in [7, 11) is -0.320. The molecule has 3 amide bonds. The third-order valence-electron chi connectivity index (χ3n) is 12.3. The summed E-state index contributed by atoms with van der Waals surface area (Å²) in [5, 5.41) is 9.97. The molecule has 0 bridgehead atoms. The Hall–Kier alpha value is -5.63. The van der Waals surface area contributed by atoms with Gasteiger partial charge in [-0.3, -0.25) is 33.5 Å². The van der Waals surface area contributed by atoms with Crippen LogP contribution < -0.4 is 21.2 Å². The van der Waals surface area contributed by atoms with Crippen LogP contribution in [0.5, 0.6) is 0 Å². The number of imidazole rings is 1. The Balaban J connectivity index is 0.902. The molecule has 3 atom stereocenters. The molecule has 2 aliphatic heterocycles. The van der Waals surface area contributed by atoms with E-state index >= 15 is 4.39 Å². The molecule has 3 unspecified atom stereocenters. The Morgan fingerprint density at radius 1 is 1.02 bits per heavy atom. The standard InChI is InChI=1S/C41H45F4N9O6S/c1-50(30-16-17-52(22-26(30)42)31-7-5-8-32-37(31)51(2)40(58)54(32)33-14-15-36(55)48-39(33)57)20-23-10-12-25(13-11-23)53-21-24-18-29(34(61(3,59)60)19-28(24)49-53)47-38(56)27-6-4-9-35(46-27)41(43,44)45/h4-9,18-19,21,23,25-26,30,33H,10-17,20,22H2,1-3H3,(H,47,56)(H,48,55,57)/t23-,25-,26?,30?,33?. The maximum absolute atomic E-state index is 16.1. The molecule has 2 saturated heterocycles. The van der Waals surface area contributed by atoms with Crippen molar-refractivity contribution in [1.29, 1.82) is 0 Å². The fourth-order valence-corrected chi connectivity index (χ4v) is 10.0. The molecule has 324 valence electrons. The summed E-state index contributed by atoms with van der Waals surface area (Å²) in [6.45, 7) is 1.37. The number of carbonyl (C=O) groups is 3. The average molecular weight is 868 g/mol. The first-order valence-electron chi connectivity index (χ1n) is 20.1. The van der Waals surface area contributed by atoms with Crippen molar-refractivity contribution in [3.63, 3.8) is 0 Å². The smallest absolute Gasteiger partial charge is 0.367 e. The van der Waals surface area contributed by atoms with Crippen molar-refractivity contribution in [2.45, 2.75) is 80.3 Å². The molecule has 0 spiro atoms. The van der Waals surface area contributed by atoms with Crippen LogP contribution in [0.2, 0.25) is 0 Å². The molecule has 20 heteroatoms. The number of nitrogens with one attached hydrogen (secondary N) is 2. The first-order valence-corrected chi connectivity index (χ1v) is 22.0. The van der Waals surface area contributed by atoms with Gasteiger partial charge in [0.2, 0.25) is 11.8 Å². The number of sulfone groups is 1. The molecule has 61 heavy (non-hydrogen) atoms. The van der Waals surface area contributed by atoms with Crippen LogP contribution in [0, 0.1) is 5.92 Å². The van der Waals surface area contributed by atoms with Gasteiger partial charge in [-0.25, -0.2) is 22.6 Å². The van der Waals surface area contributed by atoms with Gasteiger partial charge in [-0.05, 0) is 87.9 Å². The Kier molecular flexibility index (Phi) is 11.0. The van der Waals surface area contributed by atoms with E-state index in [-0.39, 0.29) is 53.6 Å². The normalized spacial score (nSPS) is 22.9.